The van der Waals surface area contributed by atoms with Gasteiger partial charge in [0.1, 0.15) is 0 Å². The largest absolute Gasteiger partial charge is 0.193 e. The van der Waals surface area contributed by atoms with Crippen LogP contribution in [0.4, 0.5) is 0 Å². The van der Waals surface area contributed by atoms with Crippen molar-refractivity contribution in [1.82, 2.24) is 0 Å². The Kier molecular flexibility index (Phi) is 3.16. The highest BCUT2D eigenvalue weighted by molar-refractivity contribution is 7.80. The Balaban J connectivity index is 3.15. The Bertz CT molecular complexity index is 363. The standard InChI is InChI=1S/C11H11NS/c1-8-6-10(4-3-5-12)7-9(2)11(8)13/h3-4,6-7,13H,1-2H3/b4-3+. The molecule has 0 saturated carbocycles. The van der Waals surface area contributed by atoms with Gasteiger partial charge in [-0.15, -0.1) is 12.6 Å². The summed E-state index contributed by atoms with van der Waals surface area (Å²) < 4.78 is 0. The minimum Gasteiger partial charge on any atom is -0.193 e. The van der Waals surface area contributed by atoms with Crippen molar-refractivity contribution in [3.8, 4) is 6.07 Å². The number of benzene rings is 1. The van der Waals surface area contributed by atoms with Gasteiger partial charge in [-0.3, -0.25) is 0 Å². The van der Waals surface area contributed by atoms with E-state index in [4.69, 9.17) is 5.26 Å². The van der Waals surface area contributed by atoms with E-state index >= 15 is 0 Å². The molecule has 0 aliphatic carbocycles. The topological polar surface area (TPSA) is 23.8 Å². The molecule has 1 aromatic carbocycles. The number of rotatable bonds is 1. The molecular formula is C11H11NS. The van der Waals surface area contributed by atoms with Gasteiger partial charge in [-0.2, -0.15) is 5.26 Å². The van der Waals surface area contributed by atoms with Gasteiger partial charge in [-0.05, 0) is 36.6 Å². The summed E-state index contributed by atoms with van der Waals surface area (Å²) in [5.41, 5.74) is 3.33. The molecule has 0 saturated heterocycles. The molecule has 1 rings (SSSR count). The van der Waals surface area contributed by atoms with Crippen molar-refractivity contribution in [2.24, 2.45) is 0 Å². The number of thiol groups is 1. The van der Waals surface area contributed by atoms with E-state index in [9.17, 15) is 0 Å². The Hall–Kier alpha value is -1.20. The van der Waals surface area contributed by atoms with Gasteiger partial charge in [-0.25, -0.2) is 0 Å². The molecule has 1 aromatic rings. The summed E-state index contributed by atoms with van der Waals surface area (Å²) >= 11 is 4.36. The monoisotopic (exact) mass is 189 g/mol. The van der Waals surface area contributed by atoms with Crippen molar-refractivity contribution in [3.05, 3.63) is 34.9 Å². The molecule has 0 bridgehead atoms. The molecule has 0 unspecified atom stereocenters. The normalized spacial score (nSPS) is 10.3. The van der Waals surface area contributed by atoms with Gasteiger partial charge in [-0.1, -0.05) is 12.1 Å². The van der Waals surface area contributed by atoms with Crippen molar-refractivity contribution in [1.29, 1.82) is 5.26 Å². The van der Waals surface area contributed by atoms with Gasteiger partial charge in [0.05, 0.1) is 6.07 Å². The summed E-state index contributed by atoms with van der Waals surface area (Å²) in [6.45, 7) is 4.03. The van der Waals surface area contributed by atoms with Crippen LogP contribution in [0.3, 0.4) is 0 Å². The molecule has 0 N–H and O–H groups in total. The number of hydrogen-bond acceptors (Lipinski definition) is 2. The molecular weight excluding hydrogens is 178 g/mol. The lowest BCUT2D eigenvalue weighted by atomic mass is 10.1. The van der Waals surface area contributed by atoms with Crippen LogP contribution in [0.15, 0.2) is 23.1 Å². The highest BCUT2D eigenvalue weighted by atomic mass is 32.1. The average Bonchev–Trinajstić information content (AvgIpc) is 2.10. The first-order chi connectivity index (χ1) is 6.15. The summed E-state index contributed by atoms with van der Waals surface area (Å²) in [4.78, 5) is 1.02. The Morgan fingerprint density at radius 3 is 2.31 bits per heavy atom. The van der Waals surface area contributed by atoms with Crippen molar-refractivity contribution < 1.29 is 0 Å². The zero-order chi connectivity index (χ0) is 9.84. The van der Waals surface area contributed by atoms with Gasteiger partial charge >= 0.3 is 0 Å². The quantitative estimate of drug-likeness (QED) is 0.532. The van der Waals surface area contributed by atoms with Gasteiger partial charge in [0.25, 0.3) is 0 Å². The summed E-state index contributed by atoms with van der Waals surface area (Å²) in [6.07, 6.45) is 3.28. The van der Waals surface area contributed by atoms with Crippen molar-refractivity contribution in [3.63, 3.8) is 0 Å². The molecule has 2 heteroatoms. The molecule has 66 valence electrons. The number of allylic oxidation sites excluding steroid dienone is 1. The van der Waals surface area contributed by atoms with E-state index < -0.39 is 0 Å². The van der Waals surface area contributed by atoms with E-state index in [1.54, 1.807) is 6.08 Å². The van der Waals surface area contributed by atoms with Crippen LogP contribution in [0.5, 0.6) is 0 Å². The first-order valence-corrected chi connectivity index (χ1v) is 4.46. The molecule has 0 atom stereocenters. The smallest absolute Gasteiger partial charge is 0.0912 e. The average molecular weight is 189 g/mol. The first-order valence-electron chi connectivity index (χ1n) is 4.01. The molecule has 0 aromatic heterocycles. The number of hydrogen-bond donors (Lipinski definition) is 1. The van der Waals surface area contributed by atoms with Crippen molar-refractivity contribution in [2.45, 2.75) is 18.7 Å². The summed E-state index contributed by atoms with van der Waals surface area (Å²) in [6, 6.07) is 6.00. The second-order valence-corrected chi connectivity index (χ2v) is 3.41. The summed E-state index contributed by atoms with van der Waals surface area (Å²) in [5.74, 6) is 0. The maximum Gasteiger partial charge on any atom is 0.0912 e. The summed E-state index contributed by atoms with van der Waals surface area (Å²) in [5, 5.41) is 8.37. The predicted octanol–water partition coefficient (Wildman–Crippen LogP) is 3.13. The van der Waals surface area contributed by atoms with Crippen LogP contribution >= 0.6 is 12.6 Å². The molecule has 0 aliphatic rings. The molecule has 1 nitrogen and oxygen atoms in total. The zero-order valence-electron chi connectivity index (χ0n) is 7.70. The van der Waals surface area contributed by atoms with Gasteiger partial charge in [0.15, 0.2) is 0 Å². The van der Waals surface area contributed by atoms with Crippen LogP contribution in [-0.4, -0.2) is 0 Å². The first kappa shape index (κ1) is 9.88. The van der Waals surface area contributed by atoms with Crippen LogP contribution in [0.25, 0.3) is 6.08 Å². The molecule has 0 fully saturated rings. The Morgan fingerprint density at radius 1 is 1.31 bits per heavy atom. The lowest BCUT2D eigenvalue weighted by Crippen LogP contribution is -1.84. The maximum absolute atomic E-state index is 8.37. The molecule has 0 radical (unpaired) electrons. The lowest BCUT2D eigenvalue weighted by molar-refractivity contribution is 1.22. The van der Waals surface area contributed by atoms with E-state index in [-0.39, 0.29) is 0 Å². The van der Waals surface area contributed by atoms with E-state index in [1.807, 2.05) is 32.0 Å². The molecule has 0 aliphatic heterocycles. The number of nitrogens with zero attached hydrogens (tertiary/aromatic N) is 1. The van der Waals surface area contributed by atoms with Crippen molar-refractivity contribution in [2.75, 3.05) is 0 Å². The number of aryl methyl sites for hydroxylation is 2. The summed E-state index contributed by atoms with van der Waals surface area (Å²) in [7, 11) is 0. The fraction of sp³-hybridized carbons (Fsp3) is 0.182. The van der Waals surface area contributed by atoms with E-state index in [2.05, 4.69) is 12.6 Å². The van der Waals surface area contributed by atoms with Crippen molar-refractivity contribution >= 4 is 18.7 Å². The van der Waals surface area contributed by atoms with Gasteiger partial charge in [0, 0.05) is 11.0 Å². The van der Waals surface area contributed by atoms with Crippen LogP contribution in [-0.2, 0) is 0 Å². The minimum absolute atomic E-state index is 1.02. The maximum atomic E-state index is 8.37. The van der Waals surface area contributed by atoms with E-state index in [0.717, 1.165) is 21.6 Å². The molecule has 13 heavy (non-hydrogen) atoms. The fourth-order valence-corrected chi connectivity index (χ4v) is 1.35. The van der Waals surface area contributed by atoms with Crippen LogP contribution < -0.4 is 0 Å². The van der Waals surface area contributed by atoms with Crippen LogP contribution in [0, 0.1) is 25.2 Å². The highest BCUT2D eigenvalue weighted by Crippen LogP contribution is 2.20. The number of nitriles is 1. The molecule has 0 heterocycles. The SMILES string of the molecule is Cc1cc(/C=C/C#N)cc(C)c1S. The van der Waals surface area contributed by atoms with Gasteiger partial charge in [0.2, 0.25) is 0 Å². The van der Waals surface area contributed by atoms with E-state index in [1.165, 1.54) is 6.08 Å². The van der Waals surface area contributed by atoms with Crippen LogP contribution in [0.1, 0.15) is 16.7 Å². The third-order valence-corrected chi connectivity index (χ3v) is 2.57. The lowest BCUT2D eigenvalue weighted by Gasteiger charge is -2.04. The van der Waals surface area contributed by atoms with Crippen LogP contribution in [0.2, 0.25) is 0 Å². The zero-order valence-corrected chi connectivity index (χ0v) is 8.60. The second kappa shape index (κ2) is 4.15. The Labute approximate surface area is 84.1 Å². The Morgan fingerprint density at radius 2 is 1.85 bits per heavy atom. The van der Waals surface area contributed by atoms with E-state index in [0.29, 0.717) is 0 Å². The molecule has 0 amide bonds. The fourth-order valence-electron chi connectivity index (χ4n) is 1.22. The minimum atomic E-state index is 1.02. The third-order valence-electron chi connectivity index (χ3n) is 1.86. The second-order valence-electron chi connectivity index (χ2n) is 2.97. The molecule has 0 spiro atoms. The predicted molar refractivity (Wildman–Crippen MR) is 57.8 cm³/mol. The highest BCUT2D eigenvalue weighted by Gasteiger charge is 1.98. The van der Waals surface area contributed by atoms with Gasteiger partial charge < -0.3 is 0 Å². The third kappa shape index (κ3) is 2.37.